The lowest BCUT2D eigenvalue weighted by molar-refractivity contribution is -0.133. The average molecular weight is 428 g/mol. The van der Waals surface area contributed by atoms with Crippen molar-refractivity contribution >= 4 is 29.3 Å². The van der Waals surface area contributed by atoms with E-state index in [1.54, 1.807) is 31.0 Å². The number of benzene rings is 2. The molecule has 1 atom stereocenters. The zero-order chi connectivity index (χ0) is 21.3. The molecule has 1 heterocycles. The molecule has 0 radical (unpaired) electrons. The van der Waals surface area contributed by atoms with Crippen LogP contribution in [0.25, 0.3) is 0 Å². The molecular formula is C23H29N3O3S. The van der Waals surface area contributed by atoms with Crippen LogP contribution in [0.15, 0.2) is 54.6 Å². The van der Waals surface area contributed by atoms with Gasteiger partial charge in [0.05, 0.1) is 12.8 Å². The molecule has 0 aromatic heterocycles. The number of carbonyl (C=O) groups excluding carboxylic acids is 2. The SMILES string of the molecule is COc1ccccc1N1CCN(C(=O)[C@@H](CCSC)NC(=O)c2ccccc2)CC1. The lowest BCUT2D eigenvalue weighted by atomic mass is 10.1. The van der Waals surface area contributed by atoms with Crippen molar-refractivity contribution < 1.29 is 14.3 Å². The summed E-state index contributed by atoms with van der Waals surface area (Å²) in [4.78, 5) is 29.9. The highest BCUT2D eigenvalue weighted by Gasteiger charge is 2.29. The van der Waals surface area contributed by atoms with Crippen molar-refractivity contribution in [1.82, 2.24) is 10.2 Å². The second kappa shape index (κ2) is 10.9. The summed E-state index contributed by atoms with van der Waals surface area (Å²) in [7, 11) is 1.67. The third-order valence-corrected chi connectivity index (χ3v) is 5.91. The van der Waals surface area contributed by atoms with Gasteiger partial charge in [-0.25, -0.2) is 0 Å². The fourth-order valence-corrected chi connectivity index (χ4v) is 4.07. The maximum Gasteiger partial charge on any atom is 0.251 e. The molecule has 1 fully saturated rings. The molecule has 0 spiro atoms. The molecule has 6 nitrogen and oxygen atoms in total. The van der Waals surface area contributed by atoms with Gasteiger partial charge in [-0.2, -0.15) is 11.8 Å². The number of hydrogen-bond acceptors (Lipinski definition) is 5. The van der Waals surface area contributed by atoms with Gasteiger partial charge in [0.1, 0.15) is 11.8 Å². The van der Waals surface area contributed by atoms with E-state index in [-0.39, 0.29) is 11.8 Å². The van der Waals surface area contributed by atoms with Crippen molar-refractivity contribution in [2.75, 3.05) is 50.2 Å². The fraction of sp³-hybridized carbons (Fsp3) is 0.391. The predicted molar refractivity (Wildman–Crippen MR) is 122 cm³/mol. The summed E-state index contributed by atoms with van der Waals surface area (Å²) in [5, 5.41) is 2.95. The van der Waals surface area contributed by atoms with Crippen LogP contribution in [0, 0.1) is 0 Å². The largest absolute Gasteiger partial charge is 0.495 e. The summed E-state index contributed by atoms with van der Waals surface area (Å²) in [6.07, 6.45) is 2.62. The lowest BCUT2D eigenvalue weighted by Crippen LogP contribution is -2.55. The molecule has 3 rings (SSSR count). The quantitative estimate of drug-likeness (QED) is 0.702. The molecule has 30 heavy (non-hydrogen) atoms. The number of nitrogens with zero attached hydrogens (tertiary/aromatic N) is 2. The standard InChI is InChI=1S/C23H29N3O3S/c1-29-21-11-7-6-10-20(21)25-13-15-26(16-14-25)23(28)19(12-17-30-2)24-22(27)18-8-4-3-5-9-18/h3-11,19H,12-17H2,1-2H3,(H,24,27)/t19-/m1/s1. The molecule has 2 aromatic rings. The molecule has 1 saturated heterocycles. The minimum Gasteiger partial charge on any atom is -0.495 e. The van der Waals surface area contributed by atoms with E-state index in [1.165, 1.54) is 0 Å². The molecule has 7 heteroatoms. The van der Waals surface area contributed by atoms with Crippen molar-refractivity contribution in [3.63, 3.8) is 0 Å². The lowest BCUT2D eigenvalue weighted by Gasteiger charge is -2.38. The molecular weight excluding hydrogens is 398 g/mol. The zero-order valence-electron chi connectivity index (χ0n) is 17.5. The molecule has 0 saturated carbocycles. The van der Waals surface area contributed by atoms with Crippen LogP contribution >= 0.6 is 11.8 Å². The van der Waals surface area contributed by atoms with Crippen LogP contribution in [0.5, 0.6) is 5.75 Å². The molecule has 1 aliphatic heterocycles. The van der Waals surface area contributed by atoms with E-state index in [9.17, 15) is 9.59 Å². The first-order valence-electron chi connectivity index (χ1n) is 10.2. The average Bonchev–Trinajstić information content (AvgIpc) is 2.81. The van der Waals surface area contributed by atoms with E-state index >= 15 is 0 Å². The van der Waals surface area contributed by atoms with Crippen LogP contribution in [-0.4, -0.2) is 68.1 Å². The number of anilines is 1. The number of methoxy groups -OCH3 is 1. The Labute approximate surface area is 182 Å². The fourth-order valence-electron chi connectivity index (χ4n) is 3.60. The van der Waals surface area contributed by atoms with Crippen molar-refractivity contribution in [3.8, 4) is 5.75 Å². The summed E-state index contributed by atoms with van der Waals surface area (Å²) < 4.78 is 5.47. The number of ether oxygens (including phenoxy) is 1. The number of amides is 2. The third-order valence-electron chi connectivity index (χ3n) is 5.27. The van der Waals surface area contributed by atoms with Gasteiger partial charge in [0.15, 0.2) is 0 Å². The Morgan fingerprint density at radius 3 is 2.37 bits per heavy atom. The third kappa shape index (κ3) is 5.48. The van der Waals surface area contributed by atoms with Crippen molar-refractivity contribution in [1.29, 1.82) is 0 Å². The smallest absolute Gasteiger partial charge is 0.251 e. The molecule has 0 bridgehead atoms. The normalized spacial score (nSPS) is 14.9. The number of carbonyl (C=O) groups is 2. The number of rotatable bonds is 8. The summed E-state index contributed by atoms with van der Waals surface area (Å²) in [5.74, 6) is 1.44. The van der Waals surface area contributed by atoms with Gasteiger partial charge in [-0.1, -0.05) is 30.3 Å². The maximum absolute atomic E-state index is 13.2. The monoisotopic (exact) mass is 427 g/mol. The Morgan fingerprint density at radius 2 is 1.70 bits per heavy atom. The molecule has 2 amide bonds. The van der Waals surface area contributed by atoms with Gasteiger partial charge in [-0.15, -0.1) is 0 Å². The Hall–Kier alpha value is -2.67. The zero-order valence-corrected chi connectivity index (χ0v) is 18.4. The van der Waals surface area contributed by atoms with Gasteiger partial charge >= 0.3 is 0 Å². The molecule has 160 valence electrons. The van der Waals surface area contributed by atoms with Gasteiger partial charge in [-0.05, 0) is 42.7 Å². The molecule has 0 aliphatic carbocycles. The Bertz CT molecular complexity index is 839. The predicted octanol–water partition coefficient (Wildman–Crippen LogP) is 2.90. The first-order chi connectivity index (χ1) is 14.6. The summed E-state index contributed by atoms with van der Waals surface area (Å²) >= 11 is 1.67. The van der Waals surface area contributed by atoms with Crippen LogP contribution < -0.4 is 15.0 Å². The van der Waals surface area contributed by atoms with Gasteiger partial charge in [0.2, 0.25) is 5.91 Å². The van der Waals surface area contributed by atoms with Gasteiger partial charge in [0.25, 0.3) is 5.91 Å². The van der Waals surface area contributed by atoms with Crippen molar-refractivity contribution in [2.45, 2.75) is 12.5 Å². The first kappa shape index (κ1) is 22.0. The maximum atomic E-state index is 13.2. The Balaban J connectivity index is 1.63. The van der Waals surface area contributed by atoms with Crippen molar-refractivity contribution in [3.05, 3.63) is 60.2 Å². The molecule has 2 aromatic carbocycles. The Kier molecular flexibility index (Phi) is 8.02. The van der Waals surface area contributed by atoms with Crippen LogP contribution in [0.2, 0.25) is 0 Å². The van der Waals surface area contributed by atoms with E-state index < -0.39 is 6.04 Å². The van der Waals surface area contributed by atoms with E-state index in [0.29, 0.717) is 25.1 Å². The van der Waals surface area contributed by atoms with Crippen LogP contribution in [0.3, 0.4) is 0 Å². The second-order valence-electron chi connectivity index (χ2n) is 7.16. The van der Waals surface area contributed by atoms with Gasteiger partial charge in [0, 0.05) is 31.7 Å². The summed E-state index contributed by atoms with van der Waals surface area (Å²) in [5.41, 5.74) is 1.61. The minimum atomic E-state index is -0.511. The Morgan fingerprint density at radius 1 is 1.03 bits per heavy atom. The topological polar surface area (TPSA) is 61.9 Å². The van der Waals surface area contributed by atoms with E-state index in [0.717, 1.165) is 30.3 Å². The van der Waals surface area contributed by atoms with Crippen LogP contribution in [0.4, 0.5) is 5.69 Å². The van der Waals surface area contributed by atoms with Crippen molar-refractivity contribution in [2.24, 2.45) is 0 Å². The highest BCUT2D eigenvalue weighted by Crippen LogP contribution is 2.28. The minimum absolute atomic E-state index is 0.00647. The van der Waals surface area contributed by atoms with Gasteiger partial charge in [-0.3, -0.25) is 9.59 Å². The highest BCUT2D eigenvalue weighted by atomic mass is 32.2. The van der Waals surface area contributed by atoms with E-state index in [4.69, 9.17) is 4.74 Å². The van der Waals surface area contributed by atoms with Crippen LogP contribution in [0.1, 0.15) is 16.8 Å². The number of thioether (sulfide) groups is 1. The molecule has 1 N–H and O–H groups in total. The highest BCUT2D eigenvalue weighted by molar-refractivity contribution is 7.98. The molecule has 1 aliphatic rings. The van der Waals surface area contributed by atoms with E-state index in [2.05, 4.69) is 10.2 Å². The first-order valence-corrected chi connectivity index (χ1v) is 11.5. The number of piperazine rings is 1. The number of para-hydroxylation sites is 2. The second-order valence-corrected chi connectivity index (χ2v) is 8.14. The molecule has 0 unspecified atom stereocenters. The van der Waals surface area contributed by atoms with Crippen LogP contribution in [-0.2, 0) is 4.79 Å². The van der Waals surface area contributed by atoms with Gasteiger partial charge < -0.3 is 19.9 Å². The number of nitrogens with one attached hydrogen (secondary N) is 1. The van der Waals surface area contributed by atoms with E-state index in [1.807, 2.05) is 53.6 Å². The summed E-state index contributed by atoms with van der Waals surface area (Å²) in [6, 6.07) is 16.5. The summed E-state index contributed by atoms with van der Waals surface area (Å²) in [6.45, 7) is 2.70. The number of hydrogen-bond donors (Lipinski definition) is 1.